The third-order valence-electron chi connectivity index (χ3n) is 4.10. The number of methoxy groups -OCH3 is 1. The number of tetrazole rings is 1. The zero-order valence-corrected chi connectivity index (χ0v) is 15.9. The van der Waals surface area contributed by atoms with Gasteiger partial charge in [-0.25, -0.2) is 26.2 Å². The van der Waals surface area contributed by atoms with Crippen LogP contribution in [0, 0.1) is 0 Å². The number of hydrogen-bond donors (Lipinski definition) is 1. The quantitative estimate of drug-likeness (QED) is 0.705. The fourth-order valence-electron chi connectivity index (χ4n) is 2.82. The van der Waals surface area contributed by atoms with Gasteiger partial charge in [0, 0.05) is 18.2 Å². The maximum absolute atomic E-state index is 12.8. The van der Waals surface area contributed by atoms with E-state index in [0.717, 1.165) is 0 Å². The number of ether oxygens (including phenoxy) is 1. The summed E-state index contributed by atoms with van der Waals surface area (Å²) in [6, 6.07) is 3.95. The van der Waals surface area contributed by atoms with Gasteiger partial charge in [-0.1, -0.05) is 0 Å². The lowest BCUT2D eigenvalue weighted by molar-refractivity contribution is 0.402. The van der Waals surface area contributed by atoms with Crippen LogP contribution in [-0.2, 0) is 26.4 Å². The van der Waals surface area contributed by atoms with Crippen molar-refractivity contribution in [3.8, 4) is 17.1 Å². The smallest absolute Gasteiger partial charge is 0.244 e. The van der Waals surface area contributed by atoms with Crippen LogP contribution in [0.2, 0.25) is 0 Å². The standard InChI is InChI=1S/C14H19N5O5S2/c1-3-19-14(15-17-18-19)10-4-5-12(24-2)13(8-10)26(22,23)16-11-6-7-25(20,21)9-11/h4-5,8,11,16H,3,6-7,9H2,1-2H3/t11-/m1/s1. The molecule has 1 aliphatic heterocycles. The van der Waals surface area contributed by atoms with Crippen LogP contribution in [0.15, 0.2) is 23.1 Å². The Bertz CT molecular complexity index is 1020. The van der Waals surface area contributed by atoms with Gasteiger partial charge < -0.3 is 4.74 Å². The molecule has 0 spiro atoms. The Morgan fingerprint density at radius 1 is 1.38 bits per heavy atom. The van der Waals surface area contributed by atoms with Gasteiger partial charge in [-0.15, -0.1) is 5.10 Å². The van der Waals surface area contributed by atoms with Crippen molar-refractivity contribution in [2.45, 2.75) is 30.8 Å². The topological polar surface area (TPSA) is 133 Å². The molecule has 0 radical (unpaired) electrons. The summed E-state index contributed by atoms with van der Waals surface area (Å²) in [6.07, 6.45) is 0.248. The van der Waals surface area contributed by atoms with Gasteiger partial charge in [0.15, 0.2) is 15.7 Å². The minimum Gasteiger partial charge on any atom is -0.495 e. The van der Waals surface area contributed by atoms with E-state index in [2.05, 4.69) is 20.2 Å². The number of aryl methyl sites for hydroxylation is 1. The van der Waals surface area contributed by atoms with Crippen LogP contribution in [0.25, 0.3) is 11.4 Å². The number of aromatic nitrogens is 4. The molecule has 1 aliphatic rings. The molecule has 12 heteroatoms. The first-order valence-corrected chi connectivity index (χ1v) is 11.2. The summed E-state index contributed by atoms with van der Waals surface area (Å²) in [7, 11) is -5.83. The van der Waals surface area contributed by atoms with E-state index in [-0.39, 0.29) is 28.6 Å². The van der Waals surface area contributed by atoms with Gasteiger partial charge >= 0.3 is 0 Å². The number of nitrogens with zero attached hydrogens (tertiary/aromatic N) is 4. The highest BCUT2D eigenvalue weighted by Gasteiger charge is 2.32. The summed E-state index contributed by atoms with van der Waals surface area (Å²) < 4.78 is 58.0. The summed E-state index contributed by atoms with van der Waals surface area (Å²) in [4.78, 5) is -0.0903. The molecule has 1 saturated heterocycles. The summed E-state index contributed by atoms with van der Waals surface area (Å²) in [6.45, 7) is 2.39. The molecule has 26 heavy (non-hydrogen) atoms. The zero-order chi connectivity index (χ0) is 18.9. The van der Waals surface area contributed by atoms with E-state index < -0.39 is 25.9 Å². The van der Waals surface area contributed by atoms with Crippen LogP contribution in [0.3, 0.4) is 0 Å². The van der Waals surface area contributed by atoms with E-state index in [9.17, 15) is 16.8 Å². The van der Waals surface area contributed by atoms with Crippen LogP contribution in [0.5, 0.6) is 5.75 Å². The minimum absolute atomic E-state index is 0.0252. The maximum Gasteiger partial charge on any atom is 0.244 e. The van der Waals surface area contributed by atoms with E-state index in [1.165, 1.54) is 23.9 Å². The average Bonchev–Trinajstić information content (AvgIpc) is 3.19. The largest absolute Gasteiger partial charge is 0.495 e. The average molecular weight is 401 g/mol. The predicted molar refractivity (Wildman–Crippen MR) is 92.9 cm³/mol. The molecular weight excluding hydrogens is 382 g/mol. The Morgan fingerprint density at radius 2 is 2.15 bits per heavy atom. The molecule has 142 valence electrons. The number of sulfone groups is 1. The molecule has 3 rings (SSSR count). The van der Waals surface area contributed by atoms with E-state index >= 15 is 0 Å². The molecule has 0 aliphatic carbocycles. The first-order chi connectivity index (χ1) is 12.3. The second-order valence-electron chi connectivity index (χ2n) is 5.91. The number of benzene rings is 1. The van der Waals surface area contributed by atoms with Crippen molar-refractivity contribution in [1.29, 1.82) is 0 Å². The first kappa shape index (κ1) is 18.7. The second kappa shape index (κ2) is 6.93. The second-order valence-corrected chi connectivity index (χ2v) is 9.82. The fourth-order valence-corrected chi connectivity index (χ4v) is 6.07. The van der Waals surface area contributed by atoms with Crippen molar-refractivity contribution in [2.24, 2.45) is 0 Å². The van der Waals surface area contributed by atoms with Crippen LogP contribution < -0.4 is 9.46 Å². The number of sulfonamides is 1. The predicted octanol–water partition coefficient (Wildman–Crippen LogP) is -0.166. The molecule has 10 nitrogen and oxygen atoms in total. The van der Waals surface area contributed by atoms with Crippen LogP contribution in [0.1, 0.15) is 13.3 Å². The van der Waals surface area contributed by atoms with Crippen molar-refractivity contribution in [3.63, 3.8) is 0 Å². The number of nitrogens with one attached hydrogen (secondary N) is 1. The van der Waals surface area contributed by atoms with E-state index in [1.807, 2.05) is 6.92 Å². The molecule has 0 unspecified atom stereocenters. The van der Waals surface area contributed by atoms with Crippen LogP contribution >= 0.6 is 0 Å². The van der Waals surface area contributed by atoms with Crippen molar-refractivity contribution in [3.05, 3.63) is 18.2 Å². The van der Waals surface area contributed by atoms with Gasteiger partial charge in [0.1, 0.15) is 10.6 Å². The van der Waals surface area contributed by atoms with Crippen molar-refractivity contribution in [2.75, 3.05) is 18.6 Å². The van der Waals surface area contributed by atoms with E-state index in [1.54, 1.807) is 6.07 Å². The normalized spacial score (nSPS) is 19.5. The van der Waals surface area contributed by atoms with E-state index in [4.69, 9.17) is 4.74 Å². The molecule has 1 aromatic heterocycles. The molecule has 2 aromatic rings. The molecule has 0 saturated carbocycles. The monoisotopic (exact) mass is 401 g/mol. The van der Waals surface area contributed by atoms with Gasteiger partial charge in [0.05, 0.1) is 18.6 Å². The maximum atomic E-state index is 12.8. The summed E-state index contributed by atoms with van der Waals surface area (Å²) in [5.41, 5.74) is 0.511. The first-order valence-electron chi connectivity index (χ1n) is 7.93. The molecule has 1 N–H and O–H groups in total. The molecule has 1 aromatic carbocycles. The lowest BCUT2D eigenvalue weighted by atomic mass is 10.2. The molecule has 0 bridgehead atoms. The Kier molecular flexibility index (Phi) is 4.99. The number of rotatable bonds is 6. The molecular formula is C14H19N5O5S2. The van der Waals surface area contributed by atoms with Gasteiger partial charge in [0.2, 0.25) is 10.0 Å². The minimum atomic E-state index is -3.99. The van der Waals surface area contributed by atoms with Gasteiger partial charge in [-0.2, -0.15) is 0 Å². The molecule has 1 atom stereocenters. The SMILES string of the molecule is CCn1nnnc1-c1ccc(OC)c(S(=O)(=O)N[C@@H]2CCS(=O)(=O)C2)c1. The van der Waals surface area contributed by atoms with E-state index in [0.29, 0.717) is 17.9 Å². The van der Waals surface area contributed by atoms with Crippen molar-refractivity contribution < 1.29 is 21.6 Å². The zero-order valence-electron chi connectivity index (χ0n) is 14.3. The summed E-state index contributed by atoms with van der Waals surface area (Å²) in [5.74, 6) is 0.345. The Hall–Kier alpha value is -2.05. The molecule has 2 heterocycles. The third kappa shape index (κ3) is 3.71. The Balaban J connectivity index is 1.98. The lowest BCUT2D eigenvalue weighted by Crippen LogP contribution is -2.35. The Morgan fingerprint density at radius 3 is 2.77 bits per heavy atom. The van der Waals surface area contributed by atoms with Crippen molar-refractivity contribution in [1.82, 2.24) is 24.9 Å². The fraction of sp³-hybridized carbons (Fsp3) is 0.500. The lowest BCUT2D eigenvalue weighted by Gasteiger charge is -2.15. The Labute approximate surface area is 151 Å². The van der Waals surface area contributed by atoms with Crippen LogP contribution in [-0.4, -0.2) is 61.7 Å². The number of hydrogen-bond acceptors (Lipinski definition) is 8. The molecule has 0 amide bonds. The summed E-state index contributed by atoms with van der Waals surface area (Å²) >= 11 is 0. The highest BCUT2D eigenvalue weighted by Crippen LogP contribution is 2.29. The van der Waals surface area contributed by atoms with Gasteiger partial charge in [-0.3, -0.25) is 0 Å². The third-order valence-corrected chi connectivity index (χ3v) is 7.41. The van der Waals surface area contributed by atoms with Gasteiger partial charge in [-0.05, 0) is 42.0 Å². The highest BCUT2D eigenvalue weighted by atomic mass is 32.2. The van der Waals surface area contributed by atoms with Gasteiger partial charge in [0.25, 0.3) is 0 Å². The van der Waals surface area contributed by atoms with Crippen LogP contribution in [0.4, 0.5) is 0 Å². The van der Waals surface area contributed by atoms with Crippen molar-refractivity contribution >= 4 is 19.9 Å². The highest BCUT2D eigenvalue weighted by molar-refractivity contribution is 7.92. The molecule has 1 fully saturated rings. The summed E-state index contributed by atoms with van der Waals surface area (Å²) in [5, 5.41) is 11.4.